The van der Waals surface area contributed by atoms with Gasteiger partial charge in [0.15, 0.2) is 0 Å². The number of hydrogen-bond donors (Lipinski definition) is 3. The SMILES string of the molecule is CC[C@H](NC(=O)C(C)(C)NC(=O)Nc1ccccc1)c1nccs1. The summed E-state index contributed by atoms with van der Waals surface area (Å²) in [6.07, 6.45) is 2.44. The molecule has 0 aliphatic carbocycles. The Balaban J connectivity index is 1.95. The molecule has 3 N–H and O–H groups in total. The highest BCUT2D eigenvalue weighted by molar-refractivity contribution is 7.09. The van der Waals surface area contributed by atoms with Crippen molar-refractivity contribution >= 4 is 29.0 Å². The molecule has 1 aromatic heterocycles. The number of urea groups is 1. The molecule has 128 valence electrons. The second kappa shape index (κ2) is 7.92. The van der Waals surface area contributed by atoms with Crippen molar-refractivity contribution in [2.24, 2.45) is 0 Å². The lowest BCUT2D eigenvalue weighted by Gasteiger charge is -2.27. The Bertz CT molecular complexity index is 671. The lowest BCUT2D eigenvalue weighted by molar-refractivity contribution is -0.126. The van der Waals surface area contributed by atoms with Gasteiger partial charge in [-0.25, -0.2) is 9.78 Å². The third kappa shape index (κ3) is 4.79. The zero-order chi connectivity index (χ0) is 17.6. The molecule has 0 unspecified atom stereocenters. The number of para-hydroxylation sites is 1. The number of nitrogens with zero attached hydrogens (tertiary/aromatic N) is 1. The first-order chi connectivity index (χ1) is 11.4. The smallest absolute Gasteiger partial charge is 0.320 e. The standard InChI is InChI=1S/C17H22N4O2S/c1-4-13(14-18-10-11-24-14)20-15(22)17(2,3)21-16(23)19-12-8-6-5-7-9-12/h5-11,13H,4H2,1-3H3,(H,20,22)(H2,19,21,23)/t13-/m0/s1. The van der Waals surface area contributed by atoms with Crippen molar-refractivity contribution in [1.82, 2.24) is 15.6 Å². The normalized spacial score (nSPS) is 12.3. The summed E-state index contributed by atoms with van der Waals surface area (Å²) in [4.78, 5) is 28.9. The summed E-state index contributed by atoms with van der Waals surface area (Å²) >= 11 is 1.50. The van der Waals surface area contributed by atoms with Crippen LogP contribution in [0.2, 0.25) is 0 Å². The zero-order valence-electron chi connectivity index (χ0n) is 14.0. The predicted molar refractivity (Wildman–Crippen MR) is 96.0 cm³/mol. The summed E-state index contributed by atoms with van der Waals surface area (Å²) in [7, 11) is 0. The molecule has 0 saturated heterocycles. The number of anilines is 1. The van der Waals surface area contributed by atoms with E-state index in [4.69, 9.17) is 0 Å². The summed E-state index contributed by atoms with van der Waals surface area (Å²) in [6.45, 7) is 5.32. The first-order valence-corrected chi connectivity index (χ1v) is 8.65. The van der Waals surface area contributed by atoms with Gasteiger partial charge in [-0.15, -0.1) is 11.3 Å². The fourth-order valence-corrected chi connectivity index (χ4v) is 2.88. The van der Waals surface area contributed by atoms with Gasteiger partial charge in [0.05, 0.1) is 6.04 Å². The van der Waals surface area contributed by atoms with Gasteiger partial charge in [0.2, 0.25) is 5.91 Å². The molecule has 0 fully saturated rings. The van der Waals surface area contributed by atoms with E-state index in [1.54, 1.807) is 32.2 Å². The summed E-state index contributed by atoms with van der Waals surface area (Å²) in [5.41, 5.74) is -0.385. The number of aromatic nitrogens is 1. The van der Waals surface area contributed by atoms with E-state index in [1.165, 1.54) is 11.3 Å². The Labute approximate surface area is 145 Å². The summed E-state index contributed by atoms with van der Waals surface area (Å²) in [5.74, 6) is -0.257. The first-order valence-electron chi connectivity index (χ1n) is 7.77. The molecular formula is C17H22N4O2S. The maximum absolute atomic E-state index is 12.5. The molecule has 1 aromatic carbocycles. The number of hydrogen-bond acceptors (Lipinski definition) is 4. The molecule has 6 nitrogen and oxygen atoms in total. The third-order valence-corrected chi connectivity index (χ3v) is 4.38. The van der Waals surface area contributed by atoms with Crippen LogP contribution in [0.1, 0.15) is 38.2 Å². The van der Waals surface area contributed by atoms with Crippen LogP contribution < -0.4 is 16.0 Å². The van der Waals surface area contributed by atoms with Crippen molar-refractivity contribution in [3.8, 4) is 0 Å². The minimum atomic E-state index is -1.05. The van der Waals surface area contributed by atoms with Gasteiger partial charge in [0, 0.05) is 17.3 Å². The van der Waals surface area contributed by atoms with Crippen LogP contribution in [0.4, 0.5) is 10.5 Å². The molecule has 0 saturated carbocycles. The lowest BCUT2D eigenvalue weighted by atomic mass is 10.0. The molecule has 24 heavy (non-hydrogen) atoms. The third-order valence-electron chi connectivity index (χ3n) is 3.49. The average molecular weight is 346 g/mol. The number of nitrogens with one attached hydrogen (secondary N) is 3. The summed E-state index contributed by atoms with van der Waals surface area (Å²) in [6, 6.07) is 8.49. The summed E-state index contributed by atoms with van der Waals surface area (Å²) < 4.78 is 0. The van der Waals surface area contributed by atoms with Crippen molar-refractivity contribution in [2.45, 2.75) is 38.8 Å². The van der Waals surface area contributed by atoms with Gasteiger partial charge in [-0.3, -0.25) is 4.79 Å². The Morgan fingerprint density at radius 1 is 1.25 bits per heavy atom. The molecule has 2 rings (SSSR count). The molecular weight excluding hydrogens is 324 g/mol. The van der Waals surface area contributed by atoms with Crippen LogP contribution in [0, 0.1) is 0 Å². The Morgan fingerprint density at radius 2 is 1.96 bits per heavy atom. The van der Waals surface area contributed by atoms with E-state index in [1.807, 2.05) is 30.5 Å². The van der Waals surface area contributed by atoms with Crippen molar-refractivity contribution in [1.29, 1.82) is 0 Å². The van der Waals surface area contributed by atoms with Gasteiger partial charge in [0.1, 0.15) is 10.5 Å². The number of thiazole rings is 1. The van der Waals surface area contributed by atoms with Crippen molar-refractivity contribution in [3.63, 3.8) is 0 Å². The number of carbonyl (C=O) groups is 2. The topological polar surface area (TPSA) is 83.1 Å². The molecule has 0 aliphatic rings. The predicted octanol–water partition coefficient (Wildman–Crippen LogP) is 3.31. The number of benzene rings is 1. The molecule has 2 aromatic rings. The fourth-order valence-electron chi connectivity index (χ4n) is 2.11. The molecule has 1 heterocycles. The van der Waals surface area contributed by atoms with Crippen molar-refractivity contribution in [2.75, 3.05) is 5.32 Å². The molecule has 0 bridgehead atoms. The van der Waals surface area contributed by atoms with Crippen LogP contribution in [0.25, 0.3) is 0 Å². The quantitative estimate of drug-likeness (QED) is 0.750. The van der Waals surface area contributed by atoms with Crippen LogP contribution in [-0.2, 0) is 4.79 Å². The lowest BCUT2D eigenvalue weighted by Crippen LogP contribution is -2.56. The second-order valence-corrected chi connectivity index (χ2v) is 6.80. The zero-order valence-corrected chi connectivity index (χ0v) is 14.8. The van der Waals surface area contributed by atoms with Crippen LogP contribution in [0.3, 0.4) is 0 Å². The van der Waals surface area contributed by atoms with Crippen molar-refractivity contribution in [3.05, 3.63) is 46.9 Å². The maximum atomic E-state index is 12.5. The van der Waals surface area contributed by atoms with Crippen LogP contribution in [0.5, 0.6) is 0 Å². The van der Waals surface area contributed by atoms with E-state index < -0.39 is 11.6 Å². The van der Waals surface area contributed by atoms with E-state index in [2.05, 4.69) is 20.9 Å². The largest absolute Gasteiger partial charge is 0.345 e. The Hall–Kier alpha value is -2.41. The minimum Gasteiger partial charge on any atom is -0.345 e. The van der Waals surface area contributed by atoms with Gasteiger partial charge in [-0.05, 0) is 32.4 Å². The van der Waals surface area contributed by atoms with E-state index in [-0.39, 0.29) is 11.9 Å². The minimum absolute atomic E-state index is 0.157. The van der Waals surface area contributed by atoms with Gasteiger partial charge in [0.25, 0.3) is 0 Å². The first kappa shape index (κ1) is 17.9. The number of rotatable bonds is 6. The second-order valence-electron chi connectivity index (χ2n) is 5.87. The van der Waals surface area contributed by atoms with Gasteiger partial charge in [-0.2, -0.15) is 0 Å². The fraction of sp³-hybridized carbons (Fsp3) is 0.353. The Kier molecular flexibility index (Phi) is 5.92. The van der Waals surface area contributed by atoms with E-state index in [0.717, 1.165) is 11.4 Å². The molecule has 0 radical (unpaired) electrons. The highest BCUT2D eigenvalue weighted by atomic mass is 32.1. The van der Waals surface area contributed by atoms with Crippen LogP contribution >= 0.6 is 11.3 Å². The van der Waals surface area contributed by atoms with Crippen LogP contribution in [0.15, 0.2) is 41.9 Å². The average Bonchev–Trinajstić information content (AvgIpc) is 3.06. The van der Waals surface area contributed by atoms with Gasteiger partial charge < -0.3 is 16.0 Å². The molecule has 0 spiro atoms. The van der Waals surface area contributed by atoms with E-state index >= 15 is 0 Å². The highest BCUT2D eigenvalue weighted by Crippen LogP contribution is 2.20. The number of carbonyl (C=O) groups excluding carboxylic acids is 2. The van der Waals surface area contributed by atoms with E-state index in [0.29, 0.717) is 5.69 Å². The number of amides is 3. The highest BCUT2D eigenvalue weighted by Gasteiger charge is 2.31. The summed E-state index contributed by atoms with van der Waals surface area (Å²) in [5, 5.41) is 11.1. The molecule has 7 heteroatoms. The molecule has 0 aliphatic heterocycles. The Morgan fingerprint density at radius 3 is 2.54 bits per heavy atom. The van der Waals surface area contributed by atoms with Gasteiger partial charge >= 0.3 is 6.03 Å². The monoisotopic (exact) mass is 346 g/mol. The maximum Gasteiger partial charge on any atom is 0.320 e. The molecule has 1 atom stereocenters. The molecule has 3 amide bonds. The van der Waals surface area contributed by atoms with Crippen LogP contribution in [-0.4, -0.2) is 22.5 Å². The van der Waals surface area contributed by atoms with Crippen molar-refractivity contribution < 1.29 is 9.59 Å². The van der Waals surface area contributed by atoms with E-state index in [9.17, 15) is 9.59 Å². The van der Waals surface area contributed by atoms with Gasteiger partial charge in [-0.1, -0.05) is 25.1 Å².